The van der Waals surface area contributed by atoms with Gasteiger partial charge in [-0.05, 0) is 0 Å². The van der Waals surface area contributed by atoms with E-state index in [1.807, 2.05) is 0 Å². The first-order valence-corrected chi connectivity index (χ1v) is 3.47. The van der Waals surface area contributed by atoms with Gasteiger partial charge in [0.1, 0.15) is 12.2 Å². The lowest BCUT2D eigenvalue weighted by Crippen LogP contribution is -2.49. The second kappa shape index (κ2) is 7.92. The molecule has 14 N–H and O–H groups in total. The molecular formula is C6H18N2O8+2. The van der Waals surface area contributed by atoms with Crippen molar-refractivity contribution in [1.29, 1.82) is 0 Å². The van der Waals surface area contributed by atoms with Crippen LogP contribution in [0.5, 0.6) is 0 Å². The van der Waals surface area contributed by atoms with Crippen LogP contribution in [0.2, 0.25) is 0 Å². The van der Waals surface area contributed by atoms with Crippen LogP contribution in [0.15, 0.2) is 0 Å². The molecule has 0 aromatic heterocycles. The van der Waals surface area contributed by atoms with E-state index in [2.05, 4.69) is 0 Å². The molecular weight excluding hydrogens is 228 g/mol. The molecule has 0 bridgehead atoms. The van der Waals surface area contributed by atoms with E-state index < -0.39 is 36.4 Å². The van der Waals surface area contributed by atoms with E-state index in [0.29, 0.717) is 0 Å². The Morgan fingerprint density at radius 1 is 0.688 bits per heavy atom. The minimum atomic E-state index is -2.36. The zero-order valence-electron chi connectivity index (χ0n) is 8.81. The molecule has 10 nitrogen and oxygen atoms in total. The zero-order valence-corrected chi connectivity index (χ0v) is 8.81. The number of hydrogen-bond donors (Lipinski definition) is 8. The first-order valence-electron chi connectivity index (χ1n) is 3.47. The average molecular weight is 246 g/mol. The average Bonchev–Trinajstić information content (AvgIpc) is 2.12. The van der Waals surface area contributed by atoms with Crippen molar-refractivity contribution in [2.45, 2.75) is 24.4 Å². The second-order valence-corrected chi connectivity index (χ2v) is 2.55. The highest BCUT2D eigenvalue weighted by Gasteiger charge is 2.37. The number of carboxylic acid groups (broad SMARTS) is 2. The van der Waals surface area contributed by atoms with Gasteiger partial charge in [0.2, 0.25) is 0 Å². The zero-order chi connectivity index (χ0) is 11.5. The highest BCUT2D eigenvalue weighted by atomic mass is 16.4. The van der Waals surface area contributed by atoms with Crippen LogP contribution in [-0.2, 0) is 9.59 Å². The maximum absolute atomic E-state index is 10.1. The van der Waals surface area contributed by atoms with E-state index in [4.69, 9.17) is 30.6 Å². The number of aliphatic hydroxyl groups is 4. The van der Waals surface area contributed by atoms with Gasteiger partial charge < -0.3 is 42.9 Å². The SMILES string of the molecule is O=C(O)[C@@H](O)[C@@H](O)[C@H](O)[C@@H](O)C(=O)O.[NH4+].[NH4+]. The van der Waals surface area contributed by atoms with Gasteiger partial charge in [-0.1, -0.05) is 0 Å². The number of carbonyl (C=O) groups is 2. The third-order valence-corrected chi connectivity index (χ3v) is 1.50. The molecule has 0 saturated heterocycles. The van der Waals surface area contributed by atoms with Crippen LogP contribution in [0.4, 0.5) is 0 Å². The molecule has 0 spiro atoms. The van der Waals surface area contributed by atoms with E-state index in [-0.39, 0.29) is 12.3 Å². The third-order valence-electron chi connectivity index (χ3n) is 1.50. The fraction of sp³-hybridized carbons (Fsp3) is 0.667. The predicted octanol–water partition coefficient (Wildman–Crippen LogP) is -2.65. The van der Waals surface area contributed by atoms with Crippen molar-refractivity contribution < 1.29 is 40.2 Å². The van der Waals surface area contributed by atoms with Crippen molar-refractivity contribution in [3.63, 3.8) is 0 Å². The molecule has 16 heavy (non-hydrogen) atoms. The Bertz CT molecular complexity index is 211. The van der Waals surface area contributed by atoms with Crippen LogP contribution in [0.1, 0.15) is 0 Å². The molecule has 0 aliphatic carbocycles. The largest absolute Gasteiger partial charge is 0.479 e. The summed E-state index contributed by atoms with van der Waals surface area (Å²) < 4.78 is 0. The summed E-state index contributed by atoms with van der Waals surface area (Å²) in [6, 6.07) is 0. The Balaban J connectivity index is -0.000000845. The Labute approximate surface area is 89.9 Å². The molecule has 0 heterocycles. The first kappa shape index (κ1) is 20.2. The molecule has 0 amide bonds. The van der Waals surface area contributed by atoms with Gasteiger partial charge in [-0.15, -0.1) is 0 Å². The van der Waals surface area contributed by atoms with Crippen LogP contribution < -0.4 is 12.3 Å². The van der Waals surface area contributed by atoms with Crippen LogP contribution in [-0.4, -0.2) is 67.0 Å². The fourth-order valence-electron chi connectivity index (χ4n) is 0.666. The molecule has 98 valence electrons. The van der Waals surface area contributed by atoms with E-state index >= 15 is 0 Å². The summed E-state index contributed by atoms with van der Waals surface area (Å²) in [5.41, 5.74) is 0. The summed E-state index contributed by atoms with van der Waals surface area (Å²) in [6.45, 7) is 0. The number of quaternary nitrogens is 2. The van der Waals surface area contributed by atoms with E-state index in [1.54, 1.807) is 0 Å². The van der Waals surface area contributed by atoms with Gasteiger partial charge in [0.25, 0.3) is 0 Å². The van der Waals surface area contributed by atoms with Crippen molar-refractivity contribution in [2.75, 3.05) is 0 Å². The monoisotopic (exact) mass is 246 g/mol. The normalized spacial score (nSPS) is 17.0. The summed E-state index contributed by atoms with van der Waals surface area (Å²) in [6.07, 6.45) is -9.28. The lowest BCUT2D eigenvalue weighted by atomic mass is 10.0. The Morgan fingerprint density at radius 3 is 1.00 bits per heavy atom. The highest BCUT2D eigenvalue weighted by molar-refractivity contribution is 5.75. The number of aliphatic hydroxyl groups excluding tert-OH is 4. The molecule has 0 aromatic carbocycles. The van der Waals surface area contributed by atoms with Crippen molar-refractivity contribution in [1.82, 2.24) is 12.3 Å². The topological polar surface area (TPSA) is 229 Å². The fourth-order valence-corrected chi connectivity index (χ4v) is 0.666. The molecule has 0 unspecified atom stereocenters. The van der Waals surface area contributed by atoms with Crippen LogP contribution in [0.3, 0.4) is 0 Å². The minimum Gasteiger partial charge on any atom is -0.479 e. The maximum atomic E-state index is 10.1. The molecule has 0 rings (SSSR count). The van der Waals surface area contributed by atoms with Gasteiger partial charge >= 0.3 is 11.9 Å². The third kappa shape index (κ3) is 4.97. The molecule has 0 fully saturated rings. The predicted molar refractivity (Wildman–Crippen MR) is 51.3 cm³/mol. The lowest BCUT2D eigenvalue weighted by molar-refractivity contribution is -0.172. The minimum absolute atomic E-state index is 0. The second-order valence-electron chi connectivity index (χ2n) is 2.55. The van der Waals surface area contributed by atoms with Crippen molar-refractivity contribution in [3.05, 3.63) is 0 Å². The maximum Gasteiger partial charge on any atom is 0.335 e. The van der Waals surface area contributed by atoms with Crippen molar-refractivity contribution in [3.8, 4) is 0 Å². The smallest absolute Gasteiger partial charge is 0.335 e. The van der Waals surface area contributed by atoms with Gasteiger partial charge in [0.05, 0.1) is 0 Å². The number of hydrogen-bond acceptors (Lipinski definition) is 6. The number of aliphatic carboxylic acids is 2. The standard InChI is InChI=1S/C6H10O8.2H3N/c7-1(3(9)5(11)12)2(8)4(10)6(13)14;;/h1-4,7-10H,(H,11,12)(H,13,14);2*1H3/p+2/t1-,2-,3-,4+;;/m0../s1. The molecule has 0 aromatic rings. The van der Waals surface area contributed by atoms with Crippen LogP contribution in [0, 0.1) is 0 Å². The van der Waals surface area contributed by atoms with Crippen molar-refractivity contribution in [2.24, 2.45) is 0 Å². The van der Waals surface area contributed by atoms with Crippen LogP contribution >= 0.6 is 0 Å². The first-order chi connectivity index (χ1) is 6.29. The Hall–Kier alpha value is -1.30. The lowest BCUT2D eigenvalue weighted by Gasteiger charge is -2.21. The van der Waals surface area contributed by atoms with E-state index in [0.717, 1.165) is 0 Å². The molecule has 0 aliphatic heterocycles. The molecule has 0 saturated carbocycles. The Morgan fingerprint density at radius 2 is 0.875 bits per heavy atom. The van der Waals surface area contributed by atoms with Crippen molar-refractivity contribution >= 4 is 11.9 Å². The van der Waals surface area contributed by atoms with Gasteiger partial charge in [0, 0.05) is 0 Å². The molecule has 4 atom stereocenters. The molecule has 0 aliphatic rings. The summed E-state index contributed by atoms with van der Waals surface area (Å²) in [5.74, 6) is -3.68. The summed E-state index contributed by atoms with van der Waals surface area (Å²) in [5, 5.41) is 51.5. The highest BCUT2D eigenvalue weighted by Crippen LogP contribution is 2.05. The summed E-state index contributed by atoms with van der Waals surface area (Å²) in [4.78, 5) is 20.2. The van der Waals surface area contributed by atoms with Gasteiger partial charge in [-0.25, -0.2) is 9.59 Å². The number of rotatable bonds is 5. The van der Waals surface area contributed by atoms with E-state index in [1.165, 1.54) is 0 Å². The number of carboxylic acids is 2. The van der Waals surface area contributed by atoms with Gasteiger partial charge in [-0.3, -0.25) is 0 Å². The van der Waals surface area contributed by atoms with Gasteiger partial charge in [0.15, 0.2) is 12.2 Å². The van der Waals surface area contributed by atoms with Crippen LogP contribution in [0.25, 0.3) is 0 Å². The summed E-state index contributed by atoms with van der Waals surface area (Å²) >= 11 is 0. The summed E-state index contributed by atoms with van der Waals surface area (Å²) in [7, 11) is 0. The van der Waals surface area contributed by atoms with E-state index in [9.17, 15) is 9.59 Å². The quantitative estimate of drug-likeness (QED) is 0.254. The molecule has 0 radical (unpaired) electrons. The Kier molecular flexibility index (Phi) is 9.98. The molecule has 10 heteroatoms. The van der Waals surface area contributed by atoms with Gasteiger partial charge in [-0.2, -0.15) is 0 Å².